The van der Waals surface area contributed by atoms with E-state index in [-0.39, 0.29) is 5.92 Å². The molecule has 0 fully saturated rings. The fourth-order valence-electron chi connectivity index (χ4n) is 2.40. The molecular formula is C19H23N5S. The van der Waals surface area contributed by atoms with E-state index in [9.17, 15) is 0 Å². The van der Waals surface area contributed by atoms with Crippen molar-refractivity contribution in [2.75, 3.05) is 0 Å². The number of rotatable bonds is 5. The molecule has 0 aliphatic carbocycles. The van der Waals surface area contributed by atoms with Gasteiger partial charge in [0.2, 0.25) is 0 Å². The van der Waals surface area contributed by atoms with Crippen LogP contribution in [-0.4, -0.2) is 24.7 Å². The highest BCUT2D eigenvalue weighted by atomic mass is 32.2. The molecule has 0 aliphatic rings. The van der Waals surface area contributed by atoms with Crippen LogP contribution in [0.5, 0.6) is 0 Å². The molecule has 0 radical (unpaired) electrons. The molecule has 0 spiro atoms. The summed E-state index contributed by atoms with van der Waals surface area (Å²) in [5.41, 5.74) is 2.12. The highest BCUT2D eigenvalue weighted by Crippen LogP contribution is 2.29. The van der Waals surface area contributed by atoms with Gasteiger partial charge in [0.1, 0.15) is 10.9 Å². The molecule has 25 heavy (non-hydrogen) atoms. The molecule has 6 heteroatoms. The Balaban J connectivity index is 1.94. The van der Waals surface area contributed by atoms with Gasteiger partial charge in [-0.3, -0.25) is 0 Å². The van der Waals surface area contributed by atoms with Crippen molar-refractivity contribution in [1.82, 2.24) is 24.7 Å². The number of nitrogens with zero attached hydrogens (tertiary/aromatic N) is 5. The van der Waals surface area contributed by atoms with E-state index in [4.69, 9.17) is 4.98 Å². The highest BCUT2D eigenvalue weighted by Gasteiger charge is 2.15. The normalized spacial score (nSPS) is 11.5. The summed E-state index contributed by atoms with van der Waals surface area (Å²) in [6, 6.07) is 12.1. The first-order chi connectivity index (χ1) is 12.0. The van der Waals surface area contributed by atoms with Crippen molar-refractivity contribution in [3.63, 3.8) is 0 Å². The van der Waals surface area contributed by atoms with Crippen molar-refractivity contribution in [1.29, 1.82) is 0 Å². The summed E-state index contributed by atoms with van der Waals surface area (Å²) in [6.45, 7) is 8.53. The monoisotopic (exact) mass is 353 g/mol. The summed E-state index contributed by atoms with van der Waals surface area (Å²) in [4.78, 5) is 9.39. The summed E-state index contributed by atoms with van der Waals surface area (Å²) >= 11 is 1.53. The molecule has 0 bridgehead atoms. The summed E-state index contributed by atoms with van der Waals surface area (Å²) in [7, 11) is 1.98. The summed E-state index contributed by atoms with van der Waals surface area (Å²) < 4.78 is 2.01. The molecule has 2 aromatic heterocycles. The lowest BCUT2D eigenvalue weighted by Gasteiger charge is -2.11. The Labute approximate surface area is 152 Å². The van der Waals surface area contributed by atoms with E-state index in [1.54, 1.807) is 0 Å². The van der Waals surface area contributed by atoms with Gasteiger partial charge in [-0.15, -0.1) is 10.2 Å². The van der Waals surface area contributed by atoms with Crippen LogP contribution in [0.15, 0.2) is 46.6 Å². The van der Waals surface area contributed by atoms with E-state index in [0.717, 1.165) is 33.1 Å². The molecule has 0 aliphatic heterocycles. The third kappa shape index (κ3) is 3.90. The predicted octanol–water partition coefficient (Wildman–Crippen LogP) is 4.67. The second-order valence-electron chi connectivity index (χ2n) is 6.63. The number of hydrogen-bond donors (Lipinski definition) is 0. The summed E-state index contributed by atoms with van der Waals surface area (Å²) in [5, 5.41) is 10.4. The molecule has 5 nitrogen and oxygen atoms in total. The Kier molecular flexibility index (Phi) is 5.18. The summed E-state index contributed by atoms with van der Waals surface area (Å²) in [5.74, 6) is 2.38. The van der Waals surface area contributed by atoms with Gasteiger partial charge in [0.05, 0.1) is 0 Å². The van der Waals surface area contributed by atoms with Gasteiger partial charge in [-0.2, -0.15) is 0 Å². The van der Waals surface area contributed by atoms with Gasteiger partial charge in [-0.05, 0) is 23.7 Å². The third-order valence-electron chi connectivity index (χ3n) is 3.91. The van der Waals surface area contributed by atoms with Gasteiger partial charge in [0.15, 0.2) is 11.0 Å². The van der Waals surface area contributed by atoms with Crippen molar-refractivity contribution in [2.45, 2.75) is 49.7 Å². The Morgan fingerprint density at radius 1 is 0.920 bits per heavy atom. The van der Waals surface area contributed by atoms with Crippen LogP contribution >= 0.6 is 11.8 Å². The van der Waals surface area contributed by atoms with Crippen molar-refractivity contribution in [2.24, 2.45) is 7.05 Å². The van der Waals surface area contributed by atoms with Crippen LogP contribution < -0.4 is 0 Å². The van der Waals surface area contributed by atoms with Gasteiger partial charge in [-0.25, -0.2) is 9.97 Å². The first-order valence-corrected chi connectivity index (χ1v) is 9.29. The van der Waals surface area contributed by atoms with Crippen molar-refractivity contribution < 1.29 is 0 Å². The maximum absolute atomic E-state index is 4.70. The first-order valence-electron chi connectivity index (χ1n) is 8.47. The summed E-state index contributed by atoms with van der Waals surface area (Å²) in [6.07, 6.45) is 0. The fourth-order valence-corrected chi connectivity index (χ4v) is 3.21. The Hall–Kier alpha value is -2.21. The van der Waals surface area contributed by atoms with Gasteiger partial charge in [0.25, 0.3) is 0 Å². The second-order valence-corrected chi connectivity index (χ2v) is 7.62. The highest BCUT2D eigenvalue weighted by molar-refractivity contribution is 7.99. The molecule has 2 heterocycles. The molecule has 3 rings (SSSR count). The fraction of sp³-hybridized carbons (Fsp3) is 0.368. The number of aromatic nitrogens is 5. The van der Waals surface area contributed by atoms with E-state index in [0.29, 0.717) is 5.92 Å². The van der Waals surface area contributed by atoms with E-state index in [1.807, 2.05) is 41.9 Å². The zero-order valence-electron chi connectivity index (χ0n) is 15.3. The lowest BCUT2D eigenvalue weighted by atomic mass is 10.1. The first kappa shape index (κ1) is 17.6. The minimum absolute atomic E-state index is 0.289. The topological polar surface area (TPSA) is 56.5 Å². The molecule has 0 N–H and O–H groups in total. The average Bonchev–Trinajstić information content (AvgIpc) is 2.96. The zero-order valence-corrected chi connectivity index (χ0v) is 16.1. The maximum atomic E-state index is 4.70. The molecule has 0 unspecified atom stereocenters. The number of hydrogen-bond acceptors (Lipinski definition) is 5. The maximum Gasteiger partial charge on any atom is 0.197 e. The van der Waals surface area contributed by atoms with Crippen LogP contribution in [0.4, 0.5) is 0 Å². The van der Waals surface area contributed by atoms with E-state index < -0.39 is 0 Å². The molecule has 0 atom stereocenters. The van der Waals surface area contributed by atoms with Crippen LogP contribution in [0.25, 0.3) is 11.4 Å². The molecule has 0 saturated carbocycles. The van der Waals surface area contributed by atoms with Crippen LogP contribution in [0.1, 0.15) is 51.0 Å². The SMILES string of the molecule is CC(C)c1cc(Sc2nnc(-c3ccccc3)n2C)nc(C(C)C)n1. The quantitative estimate of drug-likeness (QED) is 0.624. The molecule has 1 aromatic carbocycles. The van der Waals surface area contributed by atoms with Gasteiger partial charge >= 0.3 is 0 Å². The van der Waals surface area contributed by atoms with Crippen molar-refractivity contribution >= 4 is 11.8 Å². The smallest absolute Gasteiger partial charge is 0.197 e. The van der Waals surface area contributed by atoms with Crippen LogP contribution in [0.3, 0.4) is 0 Å². The second kappa shape index (κ2) is 7.35. The van der Waals surface area contributed by atoms with E-state index in [1.165, 1.54) is 11.8 Å². The lowest BCUT2D eigenvalue weighted by molar-refractivity contribution is 0.707. The Morgan fingerprint density at radius 3 is 2.28 bits per heavy atom. The molecule has 130 valence electrons. The largest absolute Gasteiger partial charge is 0.305 e. The molecule has 0 amide bonds. The minimum atomic E-state index is 0.289. The average molecular weight is 353 g/mol. The van der Waals surface area contributed by atoms with E-state index in [2.05, 4.69) is 48.9 Å². The van der Waals surface area contributed by atoms with Crippen LogP contribution in [0, 0.1) is 0 Å². The lowest BCUT2D eigenvalue weighted by Crippen LogP contribution is -2.04. The van der Waals surface area contributed by atoms with Crippen molar-refractivity contribution in [3.05, 3.63) is 47.9 Å². The molecule has 3 aromatic rings. The Morgan fingerprint density at radius 2 is 1.64 bits per heavy atom. The van der Waals surface area contributed by atoms with Gasteiger partial charge in [-0.1, -0.05) is 58.0 Å². The third-order valence-corrected chi connectivity index (χ3v) is 4.87. The minimum Gasteiger partial charge on any atom is -0.305 e. The standard InChI is InChI=1S/C19H23N5S/c1-12(2)15-11-16(21-17(20-15)13(3)4)25-19-23-22-18(24(19)5)14-9-7-6-8-10-14/h6-13H,1-5H3. The zero-order chi connectivity index (χ0) is 18.0. The van der Waals surface area contributed by atoms with Crippen LogP contribution in [0.2, 0.25) is 0 Å². The molecule has 0 saturated heterocycles. The van der Waals surface area contributed by atoms with E-state index >= 15 is 0 Å². The predicted molar refractivity (Wildman–Crippen MR) is 101 cm³/mol. The molecular weight excluding hydrogens is 330 g/mol. The number of benzene rings is 1. The van der Waals surface area contributed by atoms with Crippen LogP contribution in [-0.2, 0) is 7.05 Å². The van der Waals surface area contributed by atoms with Gasteiger partial charge < -0.3 is 4.57 Å². The Bertz CT molecular complexity index is 829. The van der Waals surface area contributed by atoms with Crippen molar-refractivity contribution in [3.8, 4) is 11.4 Å². The van der Waals surface area contributed by atoms with Gasteiger partial charge in [0, 0.05) is 24.2 Å².